The van der Waals surface area contributed by atoms with E-state index in [2.05, 4.69) is 22.3 Å². The van der Waals surface area contributed by atoms with Gasteiger partial charge in [0.05, 0.1) is 13.2 Å². The maximum absolute atomic E-state index is 12.8. The highest BCUT2D eigenvalue weighted by Crippen LogP contribution is 2.26. The van der Waals surface area contributed by atoms with Gasteiger partial charge in [0.15, 0.2) is 0 Å². The zero-order valence-corrected chi connectivity index (χ0v) is 18.2. The number of benzene rings is 2. The van der Waals surface area contributed by atoms with Crippen LogP contribution in [0.5, 0.6) is 5.75 Å². The third-order valence-electron chi connectivity index (χ3n) is 6.30. The number of nitrogens with one attached hydrogen (secondary N) is 1. The molecule has 2 amide bonds. The summed E-state index contributed by atoms with van der Waals surface area (Å²) in [6.07, 6.45) is 3.97. The number of carbonyl (C=O) groups is 2. The molecule has 6 heteroatoms. The zero-order chi connectivity index (χ0) is 21.6. The molecule has 1 atom stereocenters. The van der Waals surface area contributed by atoms with Crippen LogP contribution in [0.2, 0.25) is 0 Å². The Kier molecular flexibility index (Phi) is 6.87. The summed E-state index contributed by atoms with van der Waals surface area (Å²) >= 11 is 0. The van der Waals surface area contributed by atoms with Gasteiger partial charge in [-0.15, -0.1) is 0 Å². The van der Waals surface area contributed by atoms with Gasteiger partial charge in [-0.3, -0.25) is 14.5 Å². The average molecular weight is 422 g/mol. The maximum atomic E-state index is 12.8. The average Bonchev–Trinajstić information content (AvgIpc) is 3.47. The van der Waals surface area contributed by atoms with Crippen LogP contribution in [0.3, 0.4) is 0 Å². The van der Waals surface area contributed by atoms with Gasteiger partial charge in [0.1, 0.15) is 5.75 Å². The first kappa shape index (κ1) is 21.4. The number of hydrogen-bond acceptors (Lipinski definition) is 4. The summed E-state index contributed by atoms with van der Waals surface area (Å²) in [5.41, 5.74) is 2.89. The third kappa shape index (κ3) is 5.25. The summed E-state index contributed by atoms with van der Waals surface area (Å²) in [5.74, 6) is 0.985. The second kappa shape index (κ2) is 9.96. The fourth-order valence-electron chi connectivity index (χ4n) is 4.48. The van der Waals surface area contributed by atoms with E-state index in [1.54, 1.807) is 7.11 Å². The number of nitrogens with zero attached hydrogens (tertiary/aromatic N) is 2. The van der Waals surface area contributed by atoms with E-state index in [-0.39, 0.29) is 17.9 Å². The van der Waals surface area contributed by atoms with Crippen molar-refractivity contribution >= 4 is 11.8 Å². The molecule has 6 nitrogen and oxygen atoms in total. The van der Waals surface area contributed by atoms with Crippen molar-refractivity contribution in [3.8, 4) is 5.75 Å². The standard InChI is InChI=1S/C25H31N3O3/c1-31-22-12-10-20(11-13-22)23(27-14-2-3-15-27)17-26-25(30)21-8-6-19(7-9-21)18-28-16-4-5-24(28)29/h6-13,23H,2-5,14-18H2,1H3,(H,26,30). The molecular weight excluding hydrogens is 390 g/mol. The Hall–Kier alpha value is -2.86. The topological polar surface area (TPSA) is 61.9 Å². The number of likely N-dealkylation sites (tertiary alicyclic amines) is 2. The van der Waals surface area contributed by atoms with Gasteiger partial charge < -0.3 is 15.0 Å². The van der Waals surface area contributed by atoms with E-state index in [4.69, 9.17) is 4.74 Å². The largest absolute Gasteiger partial charge is 0.497 e. The van der Waals surface area contributed by atoms with E-state index in [1.165, 1.54) is 18.4 Å². The molecule has 2 aliphatic rings. The summed E-state index contributed by atoms with van der Waals surface area (Å²) in [4.78, 5) is 28.9. The van der Waals surface area contributed by atoms with Gasteiger partial charge in [0.2, 0.25) is 5.91 Å². The van der Waals surface area contributed by atoms with Crippen LogP contribution in [0, 0.1) is 0 Å². The molecule has 164 valence electrons. The number of amides is 2. The smallest absolute Gasteiger partial charge is 0.251 e. The first-order valence-corrected chi connectivity index (χ1v) is 11.2. The Bertz CT molecular complexity index is 889. The second-order valence-corrected chi connectivity index (χ2v) is 8.36. The Balaban J connectivity index is 1.38. The summed E-state index contributed by atoms with van der Waals surface area (Å²) in [6.45, 7) is 4.11. The van der Waals surface area contributed by atoms with Crippen molar-refractivity contribution in [1.29, 1.82) is 0 Å². The van der Waals surface area contributed by atoms with Crippen molar-refractivity contribution in [3.63, 3.8) is 0 Å². The highest BCUT2D eigenvalue weighted by molar-refractivity contribution is 5.94. The summed E-state index contributed by atoms with van der Waals surface area (Å²) in [5, 5.41) is 3.13. The molecule has 0 saturated carbocycles. The normalized spacial score (nSPS) is 17.7. The number of ether oxygens (including phenoxy) is 1. The van der Waals surface area contributed by atoms with Crippen LogP contribution < -0.4 is 10.1 Å². The lowest BCUT2D eigenvalue weighted by Gasteiger charge is -2.28. The lowest BCUT2D eigenvalue weighted by atomic mass is 10.0. The Morgan fingerprint density at radius 3 is 2.32 bits per heavy atom. The SMILES string of the molecule is COc1ccc(C(CNC(=O)c2ccc(CN3CCCC3=O)cc2)N2CCCC2)cc1. The fourth-order valence-corrected chi connectivity index (χ4v) is 4.48. The summed E-state index contributed by atoms with van der Waals surface area (Å²) < 4.78 is 5.28. The van der Waals surface area contributed by atoms with Crippen LogP contribution in [0.25, 0.3) is 0 Å². The predicted octanol–water partition coefficient (Wildman–Crippen LogP) is 3.38. The van der Waals surface area contributed by atoms with Gasteiger partial charge in [-0.05, 0) is 67.7 Å². The first-order valence-electron chi connectivity index (χ1n) is 11.2. The van der Waals surface area contributed by atoms with Crippen molar-refractivity contribution < 1.29 is 14.3 Å². The lowest BCUT2D eigenvalue weighted by Crippen LogP contribution is -2.36. The molecule has 2 fully saturated rings. The highest BCUT2D eigenvalue weighted by Gasteiger charge is 2.24. The molecule has 2 aromatic carbocycles. The monoisotopic (exact) mass is 421 g/mol. The van der Waals surface area contributed by atoms with Gasteiger partial charge >= 0.3 is 0 Å². The second-order valence-electron chi connectivity index (χ2n) is 8.36. The minimum atomic E-state index is -0.0680. The molecule has 4 rings (SSSR count). The van der Waals surface area contributed by atoms with Crippen molar-refractivity contribution in [2.45, 2.75) is 38.3 Å². The Morgan fingerprint density at radius 2 is 1.71 bits per heavy atom. The van der Waals surface area contributed by atoms with Crippen LogP contribution in [0.15, 0.2) is 48.5 Å². The van der Waals surface area contributed by atoms with Crippen LogP contribution in [0.1, 0.15) is 53.2 Å². The van der Waals surface area contributed by atoms with Crippen LogP contribution in [-0.4, -0.2) is 54.9 Å². The molecule has 0 bridgehead atoms. The van der Waals surface area contributed by atoms with E-state index < -0.39 is 0 Å². The van der Waals surface area contributed by atoms with Crippen LogP contribution >= 0.6 is 0 Å². The van der Waals surface area contributed by atoms with Gasteiger partial charge in [-0.25, -0.2) is 0 Å². The summed E-state index contributed by atoms with van der Waals surface area (Å²) in [6, 6.07) is 15.9. The molecule has 2 heterocycles. The molecular formula is C25H31N3O3. The fraction of sp³-hybridized carbons (Fsp3) is 0.440. The molecule has 0 radical (unpaired) electrons. The van der Waals surface area contributed by atoms with E-state index >= 15 is 0 Å². The van der Waals surface area contributed by atoms with Gasteiger partial charge in [0, 0.05) is 31.6 Å². The molecule has 0 spiro atoms. The molecule has 1 N–H and O–H groups in total. The molecule has 2 saturated heterocycles. The molecule has 2 aliphatic heterocycles. The minimum absolute atomic E-state index is 0.0680. The third-order valence-corrected chi connectivity index (χ3v) is 6.30. The van der Waals surface area contributed by atoms with E-state index in [1.807, 2.05) is 41.3 Å². The number of rotatable bonds is 8. The van der Waals surface area contributed by atoms with Crippen molar-refractivity contribution in [2.24, 2.45) is 0 Å². The molecule has 1 unspecified atom stereocenters. The van der Waals surface area contributed by atoms with Gasteiger partial charge in [-0.2, -0.15) is 0 Å². The van der Waals surface area contributed by atoms with E-state index in [0.717, 1.165) is 37.4 Å². The van der Waals surface area contributed by atoms with Crippen molar-refractivity contribution in [2.75, 3.05) is 33.3 Å². The highest BCUT2D eigenvalue weighted by atomic mass is 16.5. The van der Waals surface area contributed by atoms with E-state index in [0.29, 0.717) is 25.1 Å². The molecule has 2 aromatic rings. The molecule has 0 aliphatic carbocycles. The Labute approximate surface area is 184 Å². The summed E-state index contributed by atoms with van der Waals surface area (Å²) in [7, 11) is 1.67. The zero-order valence-electron chi connectivity index (χ0n) is 18.2. The van der Waals surface area contributed by atoms with Crippen LogP contribution in [-0.2, 0) is 11.3 Å². The van der Waals surface area contributed by atoms with E-state index in [9.17, 15) is 9.59 Å². The van der Waals surface area contributed by atoms with Gasteiger partial charge in [-0.1, -0.05) is 24.3 Å². The van der Waals surface area contributed by atoms with Crippen LogP contribution in [0.4, 0.5) is 0 Å². The lowest BCUT2D eigenvalue weighted by molar-refractivity contribution is -0.128. The minimum Gasteiger partial charge on any atom is -0.497 e. The number of methoxy groups -OCH3 is 1. The quantitative estimate of drug-likeness (QED) is 0.710. The molecule has 0 aromatic heterocycles. The van der Waals surface area contributed by atoms with Gasteiger partial charge in [0.25, 0.3) is 5.91 Å². The predicted molar refractivity (Wildman–Crippen MR) is 120 cm³/mol. The molecule has 31 heavy (non-hydrogen) atoms. The van der Waals surface area contributed by atoms with Crippen molar-refractivity contribution in [3.05, 3.63) is 65.2 Å². The van der Waals surface area contributed by atoms with Crippen molar-refractivity contribution in [1.82, 2.24) is 15.1 Å². The Morgan fingerprint density at radius 1 is 1.00 bits per heavy atom. The number of carbonyl (C=O) groups excluding carboxylic acids is 2. The number of hydrogen-bond donors (Lipinski definition) is 1. The maximum Gasteiger partial charge on any atom is 0.251 e. The first-order chi connectivity index (χ1) is 15.1.